The SMILES string of the molecule is Cc1ccc(S(=O)(=O)N=C2C=CC(=NS(=O)(=O)c3ccc(C)cc3C)C=C2)c(C)c1. The van der Waals surface area contributed by atoms with E-state index in [4.69, 9.17) is 0 Å². The average Bonchev–Trinajstić information content (AvgIpc) is 2.62. The summed E-state index contributed by atoms with van der Waals surface area (Å²) in [6.07, 6.45) is 5.71. The largest absolute Gasteiger partial charge is 0.283 e. The van der Waals surface area contributed by atoms with E-state index in [1.807, 2.05) is 13.8 Å². The summed E-state index contributed by atoms with van der Waals surface area (Å²) in [5.41, 5.74) is 3.54. The first-order valence-electron chi connectivity index (χ1n) is 9.18. The first-order valence-corrected chi connectivity index (χ1v) is 12.1. The third-order valence-corrected chi connectivity index (χ3v) is 7.45. The Hall–Kier alpha value is -2.84. The summed E-state index contributed by atoms with van der Waals surface area (Å²) in [5.74, 6) is 0. The van der Waals surface area contributed by atoms with Crippen LogP contribution in [0.15, 0.2) is 79.3 Å². The van der Waals surface area contributed by atoms with Crippen LogP contribution in [0.1, 0.15) is 22.3 Å². The molecule has 1 aliphatic carbocycles. The average molecular weight is 443 g/mol. The number of allylic oxidation sites excluding steroid dienone is 4. The Morgan fingerprint density at radius 1 is 0.567 bits per heavy atom. The van der Waals surface area contributed by atoms with Gasteiger partial charge in [0, 0.05) is 0 Å². The molecule has 1 aliphatic rings. The molecule has 0 aliphatic heterocycles. The highest BCUT2D eigenvalue weighted by molar-refractivity contribution is 7.90. The molecule has 0 fully saturated rings. The number of aryl methyl sites for hydroxylation is 4. The molecule has 8 heteroatoms. The standard InChI is InChI=1S/C22H22N2O4S2/c1-15-5-11-21(17(3)13-15)29(25,26)23-19-7-9-20(10-8-19)24-30(27,28)22-12-6-16(2)14-18(22)4/h5-14H,1-4H3. The topological polar surface area (TPSA) is 93.0 Å². The van der Waals surface area contributed by atoms with E-state index in [0.29, 0.717) is 11.1 Å². The van der Waals surface area contributed by atoms with Gasteiger partial charge in [-0.05, 0) is 75.3 Å². The van der Waals surface area contributed by atoms with Crippen LogP contribution >= 0.6 is 0 Å². The van der Waals surface area contributed by atoms with E-state index in [9.17, 15) is 16.8 Å². The first-order chi connectivity index (χ1) is 14.0. The molecular formula is C22H22N2O4S2. The Kier molecular flexibility index (Phi) is 5.92. The monoisotopic (exact) mass is 442 g/mol. The van der Waals surface area contributed by atoms with E-state index >= 15 is 0 Å². The third kappa shape index (κ3) is 4.83. The Bertz CT molecular complexity index is 1230. The molecule has 0 heterocycles. The van der Waals surface area contributed by atoms with Crippen LogP contribution in [0.2, 0.25) is 0 Å². The molecule has 0 saturated heterocycles. The van der Waals surface area contributed by atoms with Gasteiger partial charge in [-0.1, -0.05) is 35.4 Å². The Morgan fingerprint density at radius 3 is 1.20 bits per heavy atom. The van der Waals surface area contributed by atoms with Gasteiger partial charge in [0.25, 0.3) is 20.0 Å². The number of hydrogen-bond donors (Lipinski definition) is 0. The maximum atomic E-state index is 12.6. The zero-order valence-corrected chi connectivity index (χ0v) is 18.8. The lowest BCUT2D eigenvalue weighted by atomic mass is 10.1. The third-order valence-electron chi connectivity index (χ3n) is 4.52. The van der Waals surface area contributed by atoms with Crippen molar-refractivity contribution >= 4 is 31.5 Å². The van der Waals surface area contributed by atoms with Gasteiger partial charge in [-0.3, -0.25) is 0 Å². The Labute approximate surface area is 177 Å². The van der Waals surface area contributed by atoms with E-state index in [-0.39, 0.29) is 21.2 Å². The van der Waals surface area contributed by atoms with E-state index in [1.54, 1.807) is 38.1 Å². The zero-order chi connectivity index (χ0) is 22.1. The van der Waals surface area contributed by atoms with Gasteiger partial charge in [-0.15, -0.1) is 0 Å². The number of benzene rings is 2. The molecule has 2 aromatic rings. The van der Waals surface area contributed by atoms with Crippen molar-refractivity contribution in [2.45, 2.75) is 37.5 Å². The molecule has 0 amide bonds. The zero-order valence-electron chi connectivity index (χ0n) is 17.1. The van der Waals surface area contributed by atoms with Gasteiger partial charge >= 0.3 is 0 Å². The molecule has 30 heavy (non-hydrogen) atoms. The molecule has 3 rings (SSSR count). The quantitative estimate of drug-likeness (QED) is 0.669. The van der Waals surface area contributed by atoms with Gasteiger partial charge in [-0.25, -0.2) is 0 Å². The highest BCUT2D eigenvalue weighted by atomic mass is 32.2. The number of rotatable bonds is 4. The number of hydrogen-bond acceptors (Lipinski definition) is 4. The summed E-state index contributed by atoms with van der Waals surface area (Å²) >= 11 is 0. The van der Waals surface area contributed by atoms with Crippen LogP contribution in [0.3, 0.4) is 0 Å². The second-order valence-electron chi connectivity index (χ2n) is 7.19. The molecule has 156 valence electrons. The molecule has 0 saturated carbocycles. The van der Waals surface area contributed by atoms with Crippen molar-refractivity contribution in [3.05, 3.63) is 83.0 Å². The van der Waals surface area contributed by atoms with Crippen LogP contribution in [0.25, 0.3) is 0 Å². The van der Waals surface area contributed by atoms with Gasteiger partial charge in [-0.2, -0.15) is 25.6 Å². The van der Waals surface area contributed by atoms with Gasteiger partial charge in [0.15, 0.2) is 0 Å². The minimum Gasteiger partial charge on any atom is -0.199 e. The molecule has 2 aromatic carbocycles. The van der Waals surface area contributed by atoms with Crippen molar-refractivity contribution in [2.24, 2.45) is 8.80 Å². The summed E-state index contributed by atoms with van der Waals surface area (Å²) in [6.45, 7) is 7.20. The van der Waals surface area contributed by atoms with Crippen molar-refractivity contribution in [1.82, 2.24) is 0 Å². The second kappa shape index (κ2) is 8.12. The maximum Gasteiger partial charge on any atom is 0.283 e. The molecular weight excluding hydrogens is 420 g/mol. The van der Waals surface area contributed by atoms with Gasteiger partial charge in [0.2, 0.25) is 0 Å². The maximum absolute atomic E-state index is 12.6. The summed E-state index contributed by atoms with van der Waals surface area (Å²) in [7, 11) is -7.77. The van der Waals surface area contributed by atoms with Crippen LogP contribution in [0, 0.1) is 27.7 Å². The second-order valence-corrected chi connectivity index (χ2v) is 10.3. The van der Waals surface area contributed by atoms with Crippen molar-refractivity contribution in [1.29, 1.82) is 0 Å². The van der Waals surface area contributed by atoms with Crippen molar-refractivity contribution in [3.8, 4) is 0 Å². The molecule has 0 atom stereocenters. The minimum absolute atomic E-state index is 0.138. The molecule has 0 bridgehead atoms. The van der Waals surface area contributed by atoms with Crippen molar-refractivity contribution in [3.63, 3.8) is 0 Å². The fraction of sp³-hybridized carbons (Fsp3) is 0.182. The Morgan fingerprint density at radius 2 is 0.900 bits per heavy atom. The van der Waals surface area contributed by atoms with Gasteiger partial charge in [0.05, 0.1) is 21.2 Å². The van der Waals surface area contributed by atoms with E-state index in [1.165, 1.54) is 36.4 Å². The van der Waals surface area contributed by atoms with Crippen molar-refractivity contribution in [2.75, 3.05) is 0 Å². The normalized spacial score (nSPS) is 14.1. The minimum atomic E-state index is -3.89. The van der Waals surface area contributed by atoms with E-state index in [2.05, 4.69) is 8.80 Å². The van der Waals surface area contributed by atoms with Crippen LogP contribution in [0.5, 0.6) is 0 Å². The lowest BCUT2D eigenvalue weighted by Crippen LogP contribution is -2.08. The lowest BCUT2D eigenvalue weighted by molar-refractivity contribution is 0.595. The molecule has 6 nitrogen and oxygen atoms in total. The molecule has 0 N–H and O–H groups in total. The van der Waals surface area contributed by atoms with Gasteiger partial charge in [0.1, 0.15) is 0 Å². The summed E-state index contributed by atoms with van der Waals surface area (Å²) in [4.78, 5) is 0.276. The lowest BCUT2D eigenvalue weighted by Gasteiger charge is -2.08. The van der Waals surface area contributed by atoms with E-state index in [0.717, 1.165) is 11.1 Å². The summed E-state index contributed by atoms with van der Waals surface area (Å²) in [6, 6.07) is 10.1. The number of nitrogens with zero attached hydrogens (tertiary/aromatic N) is 2. The first kappa shape index (κ1) is 21.9. The van der Waals surface area contributed by atoms with Crippen LogP contribution in [0.4, 0.5) is 0 Å². The fourth-order valence-electron chi connectivity index (χ4n) is 3.13. The smallest absolute Gasteiger partial charge is 0.199 e. The number of sulfonamides is 2. The molecule has 0 radical (unpaired) electrons. The van der Waals surface area contributed by atoms with Crippen molar-refractivity contribution < 1.29 is 16.8 Å². The summed E-state index contributed by atoms with van der Waals surface area (Å²) in [5, 5.41) is 0. The molecule has 0 spiro atoms. The van der Waals surface area contributed by atoms with E-state index < -0.39 is 20.0 Å². The van der Waals surface area contributed by atoms with Crippen LogP contribution in [-0.2, 0) is 20.0 Å². The molecule has 0 aromatic heterocycles. The van der Waals surface area contributed by atoms with Crippen LogP contribution < -0.4 is 0 Å². The molecule has 0 unspecified atom stereocenters. The van der Waals surface area contributed by atoms with Crippen LogP contribution in [-0.4, -0.2) is 28.3 Å². The predicted molar refractivity (Wildman–Crippen MR) is 119 cm³/mol. The highest BCUT2D eigenvalue weighted by Gasteiger charge is 2.18. The predicted octanol–water partition coefficient (Wildman–Crippen LogP) is 4.01. The summed E-state index contributed by atoms with van der Waals surface area (Å²) < 4.78 is 58.2. The highest BCUT2D eigenvalue weighted by Crippen LogP contribution is 2.21. The fourth-order valence-corrected chi connectivity index (χ4v) is 5.53. The van der Waals surface area contributed by atoms with Gasteiger partial charge < -0.3 is 0 Å². The Balaban J connectivity index is 1.88.